The molecule has 0 bridgehead atoms. The Hall–Kier alpha value is -3.11. The van der Waals surface area contributed by atoms with E-state index in [1.807, 2.05) is 72.8 Å². The van der Waals surface area contributed by atoms with Crippen molar-refractivity contribution in [3.05, 3.63) is 83.9 Å². The number of ether oxygens (including phenoxy) is 1. The molecule has 0 amide bonds. The molecule has 122 valence electrons. The van der Waals surface area contributed by atoms with Crippen LogP contribution in [-0.2, 0) is 0 Å². The van der Waals surface area contributed by atoms with E-state index in [2.05, 4.69) is 10.1 Å². The minimum Gasteiger partial charge on any atom is -0.457 e. The van der Waals surface area contributed by atoms with Crippen LogP contribution in [0.3, 0.4) is 0 Å². The average molecular weight is 349 g/mol. The molecule has 0 N–H and O–H groups in total. The number of aromatic nitrogens is 2. The first-order chi connectivity index (χ1) is 12.3. The quantitative estimate of drug-likeness (QED) is 0.464. The zero-order chi connectivity index (χ0) is 17.1. The molecule has 1 heterocycles. The summed E-state index contributed by atoms with van der Waals surface area (Å²) in [6.45, 7) is 0. The molecule has 4 aromatic rings. The SMILES string of the molecule is Clc1cc(Oc2ccccc2)ccc1-c1noc(-c2ccccc2)n1. The van der Waals surface area contributed by atoms with Crippen molar-refractivity contribution in [2.45, 2.75) is 0 Å². The second kappa shape index (κ2) is 6.79. The third-order valence-electron chi connectivity index (χ3n) is 3.61. The van der Waals surface area contributed by atoms with Gasteiger partial charge in [-0.2, -0.15) is 4.98 Å². The number of hydrogen-bond donors (Lipinski definition) is 0. The monoisotopic (exact) mass is 348 g/mol. The Balaban J connectivity index is 1.60. The molecule has 0 radical (unpaired) electrons. The topological polar surface area (TPSA) is 48.2 Å². The van der Waals surface area contributed by atoms with Crippen LogP contribution in [0.15, 0.2) is 83.4 Å². The average Bonchev–Trinajstić information content (AvgIpc) is 3.13. The van der Waals surface area contributed by atoms with Crippen molar-refractivity contribution in [1.82, 2.24) is 10.1 Å². The first-order valence-corrected chi connectivity index (χ1v) is 8.09. The van der Waals surface area contributed by atoms with Gasteiger partial charge in [-0.05, 0) is 36.4 Å². The van der Waals surface area contributed by atoms with Crippen LogP contribution in [0.1, 0.15) is 0 Å². The Labute approximate surface area is 149 Å². The van der Waals surface area contributed by atoms with Gasteiger partial charge in [-0.1, -0.05) is 53.2 Å². The highest BCUT2D eigenvalue weighted by Gasteiger charge is 2.14. The minimum atomic E-state index is 0.440. The summed E-state index contributed by atoms with van der Waals surface area (Å²) >= 11 is 6.38. The van der Waals surface area contributed by atoms with E-state index in [9.17, 15) is 0 Å². The van der Waals surface area contributed by atoms with Crippen molar-refractivity contribution in [2.75, 3.05) is 0 Å². The van der Waals surface area contributed by atoms with Gasteiger partial charge in [-0.15, -0.1) is 0 Å². The van der Waals surface area contributed by atoms with Crippen molar-refractivity contribution < 1.29 is 9.26 Å². The first kappa shape index (κ1) is 15.4. The maximum absolute atomic E-state index is 6.38. The van der Waals surface area contributed by atoms with Crippen molar-refractivity contribution in [3.8, 4) is 34.3 Å². The molecule has 0 spiro atoms. The van der Waals surface area contributed by atoms with Gasteiger partial charge in [0.2, 0.25) is 5.82 Å². The molecule has 4 nitrogen and oxygen atoms in total. The lowest BCUT2D eigenvalue weighted by Crippen LogP contribution is -1.87. The summed E-state index contributed by atoms with van der Waals surface area (Å²) < 4.78 is 11.1. The highest BCUT2D eigenvalue weighted by Crippen LogP contribution is 2.32. The van der Waals surface area contributed by atoms with E-state index in [1.54, 1.807) is 6.07 Å². The Bertz CT molecular complexity index is 985. The Morgan fingerprint density at radius 3 is 2.24 bits per heavy atom. The number of hydrogen-bond acceptors (Lipinski definition) is 4. The van der Waals surface area contributed by atoms with Crippen LogP contribution in [0.25, 0.3) is 22.8 Å². The van der Waals surface area contributed by atoms with E-state index in [-0.39, 0.29) is 0 Å². The standard InChI is InChI=1S/C20H13ClN2O2/c21-18-13-16(24-15-9-5-2-6-10-15)11-12-17(18)19-22-20(25-23-19)14-7-3-1-4-8-14/h1-13H. The van der Waals surface area contributed by atoms with Gasteiger partial charge in [-0.3, -0.25) is 0 Å². The van der Waals surface area contributed by atoms with Gasteiger partial charge in [0.1, 0.15) is 11.5 Å². The maximum Gasteiger partial charge on any atom is 0.258 e. The van der Waals surface area contributed by atoms with E-state index in [1.165, 1.54) is 0 Å². The summed E-state index contributed by atoms with van der Waals surface area (Å²) in [6, 6.07) is 24.5. The zero-order valence-corrected chi connectivity index (χ0v) is 13.9. The maximum atomic E-state index is 6.38. The predicted octanol–water partition coefficient (Wildman–Crippen LogP) is 5.85. The molecule has 5 heteroatoms. The summed E-state index contributed by atoms with van der Waals surface area (Å²) in [6.07, 6.45) is 0. The molecule has 0 unspecified atom stereocenters. The largest absolute Gasteiger partial charge is 0.457 e. The number of rotatable bonds is 4. The Kier molecular flexibility index (Phi) is 4.19. The van der Waals surface area contributed by atoms with E-state index < -0.39 is 0 Å². The molecule has 1 aromatic heterocycles. The molecular formula is C20H13ClN2O2. The molecular weight excluding hydrogens is 336 g/mol. The van der Waals surface area contributed by atoms with Crippen molar-refractivity contribution in [3.63, 3.8) is 0 Å². The fourth-order valence-corrected chi connectivity index (χ4v) is 2.65. The molecule has 25 heavy (non-hydrogen) atoms. The Morgan fingerprint density at radius 2 is 1.52 bits per heavy atom. The first-order valence-electron chi connectivity index (χ1n) is 7.71. The van der Waals surface area contributed by atoms with Crippen LogP contribution >= 0.6 is 11.6 Å². The third-order valence-corrected chi connectivity index (χ3v) is 3.92. The lowest BCUT2D eigenvalue weighted by atomic mass is 10.2. The smallest absolute Gasteiger partial charge is 0.258 e. The summed E-state index contributed by atoms with van der Waals surface area (Å²) in [5.41, 5.74) is 1.55. The highest BCUT2D eigenvalue weighted by atomic mass is 35.5. The van der Waals surface area contributed by atoms with Gasteiger partial charge in [0.05, 0.1) is 5.02 Å². The summed E-state index contributed by atoms with van der Waals surface area (Å²) in [5.74, 6) is 2.29. The summed E-state index contributed by atoms with van der Waals surface area (Å²) in [4.78, 5) is 4.42. The van der Waals surface area contributed by atoms with Gasteiger partial charge in [0, 0.05) is 17.2 Å². The number of halogens is 1. The molecule has 0 atom stereocenters. The van der Waals surface area contributed by atoms with Crippen LogP contribution in [0, 0.1) is 0 Å². The lowest BCUT2D eigenvalue weighted by Gasteiger charge is -2.07. The number of benzene rings is 3. The van der Waals surface area contributed by atoms with Crippen molar-refractivity contribution in [1.29, 1.82) is 0 Å². The third kappa shape index (κ3) is 3.39. The zero-order valence-electron chi connectivity index (χ0n) is 13.1. The van der Waals surface area contributed by atoms with Crippen molar-refractivity contribution in [2.24, 2.45) is 0 Å². The highest BCUT2D eigenvalue weighted by molar-refractivity contribution is 6.33. The number of nitrogens with zero attached hydrogens (tertiary/aromatic N) is 2. The van der Waals surface area contributed by atoms with Gasteiger partial charge < -0.3 is 9.26 Å². The van der Waals surface area contributed by atoms with E-state index in [4.69, 9.17) is 20.9 Å². The molecule has 0 aliphatic rings. The van der Waals surface area contributed by atoms with Crippen molar-refractivity contribution >= 4 is 11.6 Å². The van der Waals surface area contributed by atoms with E-state index in [0.29, 0.717) is 28.1 Å². The van der Waals surface area contributed by atoms with Gasteiger partial charge in [0.15, 0.2) is 0 Å². The fraction of sp³-hybridized carbons (Fsp3) is 0. The molecule has 0 aliphatic carbocycles. The molecule has 0 aliphatic heterocycles. The molecule has 3 aromatic carbocycles. The van der Waals surface area contributed by atoms with E-state index in [0.717, 1.165) is 11.3 Å². The minimum absolute atomic E-state index is 0.440. The van der Waals surface area contributed by atoms with E-state index >= 15 is 0 Å². The summed E-state index contributed by atoms with van der Waals surface area (Å²) in [5, 5.41) is 4.52. The van der Waals surface area contributed by atoms with Crippen LogP contribution in [-0.4, -0.2) is 10.1 Å². The fourth-order valence-electron chi connectivity index (χ4n) is 2.40. The summed E-state index contributed by atoms with van der Waals surface area (Å²) in [7, 11) is 0. The van der Waals surface area contributed by atoms with Crippen LogP contribution < -0.4 is 4.74 Å². The Morgan fingerprint density at radius 1 is 0.800 bits per heavy atom. The second-order valence-electron chi connectivity index (χ2n) is 5.35. The van der Waals surface area contributed by atoms with Gasteiger partial charge >= 0.3 is 0 Å². The molecule has 0 saturated carbocycles. The van der Waals surface area contributed by atoms with Gasteiger partial charge in [-0.25, -0.2) is 0 Å². The van der Waals surface area contributed by atoms with Crippen LogP contribution in [0.2, 0.25) is 5.02 Å². The molecule has 0 saturated heterocycles. The second-order valence-corrected chi connectivity index (χ2v) is 5.75. The molecule has 0 fully saturated rings. The normalized spacial score (nSPS) is 10.6. The lowest BCUT2D eigenvalue weighted by molar-refractivity contribution is 0.432. The van der Waals surface area contributed by atoms with Gasteiger partial charge in [0.25, 0.3) is 5.89 Å². The molecule has 4 rings (SSSR count). The number of para-hydroxylation sites is 1. The van der Waals surface area contributed by atoms with Crippen LogP contribution in [0.4, 0.5) is 0 Å². The predicted molar refractivity (Wildman–Crippen MR) is 96.7 cm³/mol. The van der Waals surface area contributed by atoms with Crippen LogP contribution in [0.5, 0.6) is 11.5 Å².